The maximum absolute atomic E-state index is 10.9. The van der Waals surface area contributed by atoms with E-state index in [9.17, 15) is 4.79 Å². The minimum Gasteiger partial charge on any atom is -0.301 e. The molecule has 1 heterocycles. The van der Waals surface area contributed by atoms with Gasteiger partial charge in [-0.05, 0) is 12.7 Å². The summed E-state index contributed by atoms with van der Waals surface area (Å²) in [5.41, 5.74) is 0.693. The monoisotopic (exact) mass is 170 g/mol. The largest absolute Gasteiger partial charge is 0.301 e. The van der Waals surface area contributed by atoms with Crippen LogP contribution in [-0.2, 0) is 0 Å². The Hall–Kier alpha value is -0.770. The van der Waals surface area contributed by atoms with Crippen molar-refractivity contribution in [3.63, 3.8) is 0 Å². The van der Waals surface area contributed by atoms with E-state index in [-0.39, 0.29) is 5.56 Å². The lowest BCUT2D eigenvalue weighted by molar-refractivity contribution is 0.906. The molecule has 0 aliphatic carbocycles. The molecule has 0 fully saturated rings. The average Bonchev–Trinajstić information content (AvgIpc) is 1.85. The molecule has 0 saturated carbocycles. The van der Waals surface area contributed by atoms with Crippen LogP contribution >= 0.6 is 11.8 Å². The predicted octanol–water partition coefficient (Wildman–Crippen LogP) is 1.19. The second-order valence-corrected chi connectivity index (χ2v) is 3.38. The summed E-state index contributed by atoms with van der Waals surface area (Å²) in [5, 5.41) is 0.706. The van der Waals surface area contributed by atoms with Crippen LogP contribution in [0.5, 0.6) is 0 Å². The van der Waals surface area contributed by atoms with Gasteiger partial charge in [0.05, 0.1) is 0 Å². The smallest absolute Gasteiger partial charge is 0.251 e. The summed E-state index contributed by atoms with van der Waals surface area (Å²) in [7, 11) is 0. The lowest BCUT2D eigenvalue weighted by atomic mass is 10.5. The minimum absolute atomic E-state index is 0.0755. The van der Waals surface area contributed by atoms with Crippen molar-refractivity contribution >= 4 is 11.8 Å². The maximum Gasteiger partial charge on any atom is 0.251 e. The fourth-order valence-corrected chi connectivity index (χ4v) is 1.41. The normalized spacial score (nSPS) is 10.0. The van der Waals surface area contributed by atoms with E-state index in [1.54, 1.807) is 0 Å². The first-order valence-electron chi connectivity index (χ1n) is 3.43. The molecule has 0 aliphatic rings. The molecule has 1 rings (SSSR count). The topological polar surface area (TPSA) is 45.8 Å². The van der Waals surface area contributed by atoms with Crippen molar-refractivity contribution in [2.45, 2.75) is 19.0 Å². The third kappa shape index (κ3) is 2.38. The van der Waals surface area contributed by atoms with E-state index in [1.807, 2.05) is 13.8 Å². The van der Waals surface area contributed by atoms with E-state index in [2.05, 4.69) is 9.97 Å². The predicted molar refractivity (Wildman–Crippen MR) is 46.0 cm³/mol. The number of nitrogens with one attached hydrogen (secondary N) is 1. The van der Waals surface area contributed by atoms with Crippen molar-refractivity contribution in [1.29, 1.82) is 0 Å². The summed E-state index contributed by atoms with van der Waals surface area (Å²) < 4.78 is 0. The van der Waals surface area contributed by atoms with Gasteiger partial charge in [0.15, 0.2) is 5.16 Å². The molecule has 3 nitrogen and oxygen atoms in total. The molecule has 60 valence electrons. The average molecular weight is 170 g/mol. The Morgan fingerprint density at radius 3 is 3.00 bits per heavy atom. The zero-order chi connectivity index (χ0) is 8.27. The number of aryl methyl sites for hydroxylation is 1. The van der Waals surface area contributed by atoms with Gasteiger partial charge in [-0.1, -0.05) is 18.7 Å². The number of H-pyrrole nitrogens is 1. The summed E-state index contributed by atoms with van der Waals surface area (Å²) in [6.07, 6.45) is 0. The maximum atomic E-state index is 10.9. The molecule has 0 amide bonds. The molecule has 0 aromatic carbocycles. The molecule has 0 saturated heterocycles. The molecule has 0 bridgehead atoms. The van der Waals surface area contributed by atoms with Gasteiger partial charge in [0.2, 0.25) is 0 Å². The summed E-state index contributed by atoms with van der Waals surface area (Å²) in [6.45, 7) is 3.84. The minimum atomic E-state index is -0.0755. The van der Waals surface area contributed by atoms with Crippen molar-refractivity contribution < 1.29 is 0 Å². The van der Waals surface area contributed by atoms with Gasteiger partial charge in [-0.15, -0.1) is 0 Å². The molecule has 0 aliphatic heterocycles. The van der Waals surface area contributed by atoms with E-state index < -0.39 is 0 Å². The molecular formula is C7H10N2OS. The third-order valence-electron chi connectivity index (χ3n) is 1.13. The van der Waals surface area contributed by atoms with Crippen molar-refractivity contribution in [1.82, 2.24) is 9.97 Å². The van der Waals surface area contributed by atoms with Gasteiger partial charge in [-0.25, -0.2) is 4.98 Å². The molecule has 1 aromatic rings. The third-order valence-corrected chi connectivity index (χ3v) is 1.88. The SMILES string of the molecule is CCSc1nc(C)cc(=O)[nH]1. The van der Waals surface area contributed by atoms with Crippen molar-refractivity contribution in [2.75, 3.05) is 5.75 Å². The van der Waals surface area contributed by atoms with Crippen molar-refractivity contribution in [3.05, 3.63) is 22.1 Å². The van der Waals surface area contributed by atoms with Gasteiger partial charge in [0, 0.05) is 11.8 Å². The molecule has 11 heavy (non-hydrogen) atoms. The fraction of sp³-hybridized carbons (Fsp3) is 0.429. The molecule has 1 aromatic heterocycles. The Morgan fingerprint density at radius 2 is 2.45 bits per heavy atom. The van der Waals surface area contributed by atoms with Crippen LogP contribution in [0.3, 0.4) is 0 Å². The first-order valence-corrected chi connectivity index (χ1v) is 4.41. The van der Waals surface area contributed by atoms with Gasteiger partial charge < -0.3 is 4.98 Å². The van der Waals surface area contributed by atoms with Crippen LogP contribution in [0.15, 0.2) is 16.0 Å². The number of hydrogen-bond donors (Lipinski definition) is 1. The van der Waals surface area contributed by atoms with E-state index in [0.29, 0.717) is 5.16 Å². The molecule has 4 heteroatoms. The number of aromatic amines is 1. The second-order valence-electron chi connectivity index (χ2n) is 2.12. The molecule has 0 spiro atoms. The highest BCUT2D eigenvalue weighted by atomic mass is 32.2. The summed E-state index contributed by atoms with van der Waals surface area (Å²) >= 11 is 1.54. The van der Waals surface area contributed by atoms with Crippen LogP contribution in [0.2, 0.25) is 0 Å². The Bertz CT molecular complexity index is 295. The summed E-state index contributed by atoms with van der Waals surface area (Å²) in [6, 6.07) is 1.49. The van der Waals surface area contributed by atoms with Gasteiger partial charge in [0.25, 0.3) is 5.56 Å². The Labute approximate surface area is 69.3 Å². The van der Waals surface area contributed by atoms with Crippen molar-refractivity contribution in [2.24, 2.45) is 0 Å². The van der Waals surface area contributed by atoms with E-state index >= 15 is 0 Å². The van der Waals surface area contributed by atoms with Crippen LogP contribution in [0, 0.1) is 6.92 Å². The fourth-order valence-electron chi connectivity index (χ4n) is 0.757. The highest BCUT2D eigenvalue weighted by molar-refractivity contribution is 7.99. The second kappa shape index (κ2) is 3.57. The molecule has 1 N–H and O–H groups in total. The quantitative estimate of drug-likeness (QED) is 0.535. The van der Waals surface area contributed by atoms with Crippen LogP contribution < -0.4 is 5.56 Å². The first-order chi connectivity index (χ1) is 5.22. The van der Waals surface area contributed by atoms with Crippen molar-refractivity contribution in [3.8, 4) is 0 Å². The Kier molecular flexibility index (Phi) is 2.70. The lowest BCUT2D eigenvalue weighted by Gasteiger charge is -1.96. The van der Waals surface area contributed by atoms with Crippen LogP contribution in [0.1, 0.15) is 12.6 Å². The number of nitrogens with zero attached hydrogens (tertiary/aromatic N) is 1. The number of hydrogen-bond acceptors (Lipinski definition) is 3. The van der Waals surface area contributed by atoms with Crippen LogP contribution in [0.25, 0.3) is 0 Å². The van der Waals surface area contributed by atoms with E-state index in [0.717, 1.165) is 11.4 Å². The van der Waals surface area contributed by atoms with Gasteiger partial charge in [-0.2, -0.15) is 0 Å². The molecule has 0 atom stereocenters. The highest BCUT2D eigenvalue weighted by Gasteiger charge is 1.95. The van der Waals surface area contributed by atoms with Gasteiger partial charge >= 0.3 is 0 Å². The van der Waals surface area contributed by atoms with Crippen LogP contribution in [-0.4, -0.2) is 15.7 Å². The van der Waals surface area contributed by atoms with Gasteiger partial charge in [-0.3, -0.25) is 4.79 Å². The number of rotatable bonds is 2. The standard InChI is InChI=1S/C7H10N2OS/c1-3-11-7-8-5(2)4-6(10)9-7/h4H,3H2,1-2H3,(H,8,9,10). The zero-order valence-corrected chi connectivity index (χ0v) is 7.36. The Morgan fingerprint density at radius 1 is 1.73 bits per heavy atom. The number of aromatic nitrogens is 2. The Balaban J connectivity index is 2.99. The number of thioether (sulfide) groups is 1. The van der Waals surface area contributed by atoms with E-state index in [4.69, 9.17) is 0 Å². The van der Waals surface area contributed by atoms with Crippen LogP contribution in [0.4, 0.5) is 0 Å². The summed E-state index contributed by atoms with van der Waals surface area (Å²) in [4.78, 5) is 17.7. The molecular weight excluding hydrogens is 160 g/mol. The zero-order valence-electron chi connectivity index (χ0n) is 6.55. The first kappa shape index (κ1) is 8.33. The van der Waals surface area contributed by atoms with E-state index in [1.165, 1.54) is 17.8 Å². The highest BCUT2D eigenvalue weighted by Crippen LogP contribution is 2.08. The summed E-state index contributed by atoms with van der Waals surface area (Å²) in [5.74, 6) is 0.923. The molecule has 0 unspecified atom stereocenters. The molecule has 0 radical (unpaired) electrons. The lowest BCUT2D eigenvalue weighted by Crippen LogP contribution is -2.07. The van der Waals surface area contributed by atoms with Gasteiger partial charge in [0.1, 0.15) is 0 Å².